The molecule has 0 aliphatic carbocycles. The molecule has 1 amide bonds. The molecule has 100 valence electrons. The molecule has 0 saturated carbocycles. The average molecular weight is 252 g/mol. The smallest absolute Gasteiger partial charge is 0.258 e. The van der Waals surface area contributed by atoms with Crippen LogP contribution in [0.2, 0.25) is 0 Å². The van der Waals surface area contributed by atoms with Crippen molar-refractivity contribution in [1.82, 2.24) is 4.90 Å². The molecular formula is C13H20N2O3. The zero-order valence-electron chi connectivity index (χ0n) is 11.0. The summed E-state index contributed by atoms with van der Waals surface area (Å²) in [6, 6.07) is 4.87. The predicted octanol–water partition coefficient (Wildman–Crippen LogP) is 1.21. The van der Waals surface area contributed by atoms with Crippen LogP contribution >= 0.6 is 0 Å². The Hall–Kier alpha value is -1.75. The maximum absolute atomic E-state index is 12.3. The van der Waals surface area contributed by atoms with E-state index in [2.05, 4.69) is 0 Å². The number of para-hydroxylation sites is 1. The summed E-state index contributed by atoms with van der Waals surface area (Å²) in [5.41, 5.74) is 5.73. The molecule has 1 rings (SSSR count). The number of methoxy groups -OCH3 is 1. The Morgan fingerprint density at radius 3 is 2.67 bits per heavy atom. The first-order valence-electron chi connectivity index (χ1n) is 5.90. The fourth-order valence-corrected chi connectivity index (χ4v) is 1.75. The number of aromatic hydroxyl groups is 1. The minimum absolute atomic E-state index is 0.0200. The molecule has 0 radical (unpaired) electrons. The summed E-state index contributed by atoms with van der Waals surface area (Å²) in [5, 5.41) is 9.95. The van der Waals surface area contributed by atoms with E-state index in [1.165, 1.54) is 7.11 Å². The van der Waals surface area contributed by atoms with Gasteiger partial charge in [0.15, 0.2) is 11.5 Å². The summed E-state index contributed by atoms with van der Waals surface area (Å²) in [6.45, 7) is 4.65. The molecule has 5 nitrogen and oxygen atoms in total. The van der Waals surface area contributed by atoms with E-state index in [0.717, 1.165) is 0 Å². The van der Waals surface area contributed by atoms with Crippen LogP contribution < -0.4 is 10.5 Å². The normalized spacial score (nSPS) is 10.5. The van der Waals surface area contributed by atoms with Crippen LogP contribution in [0.1, 0.15) is 24.2 Å². The fourth-order valence-electron chi connectivity index (χ4n) is 1.75. The van der Waals surface area contributed by atoms with E-state index in [4.69, 9.17) is 10.5 Å². The maximum Gasteiger partial charge on any atom is 0.258 e. The van der Waals surface area contributed by atoms with Crippen molar-refractivity contribution in [3.8, 4) is 11.5 Å². The standard InChI is InChI=1S/C13H20N2O3/c1-9(2)15(8-7-14)13(17)10-5-4-6-11(18-3)12(10)16/h4-6,9,16H,7-8,14H2,1-3H3. The summed E-state index contributed by atoms with van der Waals surface area (Å²) in [4.78, 5) is 13.9. The molecule has 18 heavy (non-hydrogen) atoms. The number of hydrogen-bond donors (Lipinski definition) is 2. The Bertz CT molecular complexity index is 419. The van der Waals surface area contributed by atoms with Crippen LogP contribution in [-0.4, -0.2) is 42.2 Å². The summed E-state index contributed by atoms with van der Waals surface area (Å²) >= 11 is 0. The van der Waals surface area contributed by atoms with Gasteiger partial charge in [0.2, 0.25) is 0 Å². The van der Waals surface area contributed by atoms with Gasteiger partial charge < -0.3 is 20.5 Å². The predicted molar refractivity (Wildman–Crippen MR) is 69.9 cm³/mol. The summed E-state index contributed by atoms with van der Waals surface area (Å²) < 4.78 is 4.99. The summed E-state index contributed by atoms with van der Waals surface area (Å²) in [6.07, 6.45) is 0. The SMILES string of the molecule is COc1cccc(C(=O)N(CCN)C(C)C)c1O. The number of phenols is 1. The zero-order chi connectivity index (χ0) is 13.7. The Kier molecular flexibility index (Phi) is 4.97. The molecule has 0 unspecified atom stereocenters. The highest BCUT2D eigenvalue weighted by Gasteiger charge is 2.22. The van der Waals surface area contributed by atoms with Gasteiger partial charge in [-0.25, -0.2) is 0 Å². The van der Waals surface area contributed by atoms with Crippen LogP contribution in [0.5, 0.6) is 11.5 Å². The molecule has 0 fully saturated rings. The Morgan fingerprint density at radius 2 is 2.17 bits per heavy atom. The van der Waals surface area contributed by atoms with Crippen molar-refractivity contribution in [1.29, 1.82) is 0 Å². The number of carbonyl (C=O) groups excluding carboxylic acids is 1. The van der Waals surface area contributed by atoms with E-state index < -0.39 is 0 Å². The second-order valence-electron chi connectivity index (χ2n) is 4.24. The van der Waals surface area contributed by atoms with E-state index in [-0.39, 0.29) is 29.0 Å². The highest BCUT2D eigenvalue weighted by atomic mass is 16.5. The van der Waals surface area contributed by atoms with Gasteiger partial charge in [-0.2, -0.15) is 0 Å². The number of carbonyl (C=O) groups is 1. The molecule has 0 heterocycles. The van der Waals surface area contributed by atoms with Crippen LogP contribution in [0.25, 0.3) is 0 Å². The number of nitrogens with two attached hydrogens (primary N) is 1. The largest absolute Gasteiger partial charge is 0.504 e. The molecular weight excluding hydrogens is 232 g/mol. The summed E-state index contributed by atoms with van der Waals surface area (Å²) in [5.74, 6) is -0.0863. The molecule has 1 aromatic carbocycles. The van der Waals surface area contributed by atoms with Crippen molar-refractivity contribution in [2.24, 2.45) is 5.73 Å². The Balaban J connectivity index is 3.09. The van der Waals surface area contributed by atoms with E-state index in [9.17, 15) is 9.90 Å². The molecule has 1 aromatic rings. The van der Waals surface area contributed by atoms with E-state index >= 15 is 0 Å². The lowest BCUT2D eigenvalue weighted by molar-refractivity contribution is 0.0708. The highest BCUT2D eigenvalue weighted by Crippen LogP contribution is 2.30. The first-order chi connectivity index (χ1) is 8.52. The molecule has 0 saturated heterocycles. The molecule has 0 atom stereocenters. The lowest BCUT2D eigenvalue weighted by Gasteiger charge is -2.26. The van der Waals surface area contributed by atoms with E-state index in [0.29, 0.717) is 13.1 Å². The van der Waals surface area contributed by atoms with Gasteiger partial charge in [-0.05, 0) is 26.0 Å². The molecule has 0 spiro atoms. The second kappa shape index (κ2) is 6.26. The van der Waals surface area contributed by atoms with Gasteiger partial charge in [0.05, 0.1) is 12.7 Å². The van der Waals surface area contributed by atoms with Crippen molar-refractivity contribution in [2.75, 3.05) is 20.2 Å². The van der Waals surface area contributed by atoms with Crippen LogP contribution in [0, 0.1) is 0 Å². The average Bonchev–Trinajstić information content (AvgIpc) is 2.35. The number of rotatable bonds is 5. The van der Waals surface area contributed by atoms with Crippen LogP contribution in [-0.2, 0) is 0 Å². The number of ether oxygens (including phenoxy) is 1. The van der Waals surface area contributed by atoms with Gasteiger partial charge in [-0.3, -0.25) is 4.79 Å². The van der Waals surface area contributed by atoms with Crippen molar-refractivity contribution in [2.45, 2.75) is 19.9 Å². The van der Waals surface area contributed by atoms with Gasteiger partial charge in [-0.15, -0.1) is 0 Å². The quantitative estimate of drug-likeness (QED) is 0.826. The molecule has 3 N–H and O–H groups in total. The number of hydrogen-bond acceptors (Lipinski definition) is 4. The van der Waals surface area contributed by atoms with Crippen LogP contribution in [0.4, 0.5) is 0 Å². The third kappa shape index (κ3) is 2.92. The zero-order valence-corrected chi connectivity index (χ0v) is 11.0. The Labute approximate surface area is 107 Å². The molecule has 0 aliphatic rings. The third-order valence-electron chi connectivity index (χ3n) is 2.70. The van der Waals surface area contributed by atoms with E-state index in [1.54, 1.807) is 23.1 Å². The van der Waals surface area contributed by atoms with Gasteiger partial charge in [0.25, 0.3) is 5.91 Å². The van der Waals surface area contributed by atoms with Crippen LogP contribution in [0.3, 0.4) is 0 Å². The minimum Gasteiger partial charge on any atom is -0.504 e. The van der Waals surface area contributed by atoms with Crippen molar-refractivity contribution < 1.29 is 14.6 Å². The fraction of sp³-hybridized carbons (Fsp3) is 0.462. The maximum atomic E-state index is 12.3. The Morgan fingerprint density at radius 1 is 1.50 bits per heavy atom. The number of phenolic OH excluding ortho intramolecular Hbond substituents is 1. The van der Waals surface area contributed by atoms with E-state index in [1.807, 2.05) is 13.8 Å². The number of nitrogens with zero attached hydrogens (tertiary/aromatic N) is 1. The number of benzene rings is 1. The molecule has 5 heteroatoms. The molecule has 0 aromatic heterocycles. The monoisotopic (exact) mass is 252 g/mol. The minimum atomic E-state index is -0.244. The van der Waals surface area contributed by atoms with Crippen LogP contribution in [0.15, 0.2) is 18.2 Å². The second-order valence-corrected chi connectivity index (χ2v) is 4.24. The van der Waals surface area contributed by atoms with Crippen molar-refractivity contribution in [3.05, 3.63) is 23.8 Å². The summed E-state index contributed by atoms with van der Waals surface area (Å²) in [7, 11) is 1.45. The van der Waals surface area contributed by atoms with Crippen molar-refractivity contribution >= 4 is 5.91 Å². The molecule has 0 aliphatic heterocycles. The van der Waals surface area contributed by atoms with Gasteiger partial charge in [0, 0.05) is 19.1 Å². The van der Waals surface area contributed by atoms with Gasteiger partial charge in [0.1, 0.15) is 0 Å². The lowest BCUT2D eigenvalue weighted by atomic mass is 10.1. The topological polar surface area (TPSA) is 75.8 Å². The first kappa shape index (κ1) is 14.3. The molecule has 0 bridgehead atoms. The number of amides is 1. The highest BCUT2D eigenvalue weighted by molar-refractivity contribution is 5.97. The van der Waals surface area contributed by atoms with Crippen molar-refractivity contribution in [3.63, 3.8) is 0 Å². The first-order valence-corrected chi connectivity index (χ1v) is 5.90. The third-order valence-corrected chi connectivity index (χ3v) is 2.70. The lowest BCUT2D eigenvalue weighted by Crippen LogP contribution is -2.40. The van der Waals surface area contributed by atoms with Gasteiger partial charge in [-0.1, -0.05) is 6.07 Å². The van der Waals surface area contributed by atoms with Gasteiger partial charge >= 0.3 is 0 Å².